The molecule has 2 unspecified atom stereocenters. The molecule has 0 saturated carbocycles. The second kappa shape index (κ2) is 9.80. The van der Waals surface area contributed by atoms with Crippen molar-refractivity contribution in [2.45, 2.75) is 19.1 Å². The number of rotatable bonds is 6. The van der Waals surface area contributed by atoms with Gasteiger partial charge in [0.1, 0.15) is 11.9 Å². The highest BCUT2D eigenvalue weighted by molar-refractivity contribution is 5.94. The number of ether oxygens (including phenoxy) is 1. The van der Waals surface area contributed by atoms with Crippen LogP contribution in [0.5, 0.6) is 5.75 Å². The predicted octanol–water partition coefficient (Wildman–Crippen LogP) is 5.79. The molecular formula is C30H31N3O2. The standard InChI is InChI=1S/C30H31N3O2/c1-21(26-12-8-10-22-9-4-5-11-27(22)26)31-19-25-20-33(28-13-6-7-14-29(28)35-25)24-17-15-23(16-18-24)30(34)32(2)3/h4-18,21,25,31H,19-20H2,1-3H3. The van der Waals surface area contributed by atoms with Crippen molar-refractivity contribution in [2.75, 3.05) is 32.1 Å². The predicted molar refractivity (Wildman–Crippen MR) is 143 cm³/mol. The summed E-state index contributed by atoms with van der Waals surface area (Å²) in [5.74, 6) is 0.875. The van der Waals surface area contributed by atoms with Crippen molar-refractivity contribution in [3.63, 3.8) is 0 Å². The Kier molecular flexibility index (Phi) is 6.43. The molecule has 0 saturated heterocycles. The van der Waals surface area contributed by atoms with Crippen LogP contribution in [-0.4, -0.2) is 44.1 Å². The number of hydrogen-bond acceptors (Lipinski definition) is 4. The lowest BCUT2D eigenvalue weighted by Gasteiger charge is -2.37. The topological polar surface area (TPSA) is 44.8 Å². The minimum absolute atomic E-state index is 0.00317. The first-order chi connectivity index (χ1) is 17.0. The largest absolute Gasteiger partial charge is 0.485 e. The zero-order chi connectivity index (χ0) is 24.4. The Hall–Kier alpha value is -3.83. The summed E-state index contributed by atoms with van der Waals surface area (Å²) in [5.41, 5.74) is 4.06. The molecule has 0 spiro atoms. The van der Waals surface area contributed by atoms with Crippen LogP contribution in [0.4, 0.5) is 11.4 Å². The van der Waals surface area contributed by atoms with Crippen LogP contribution in [0.1, 0.15) is 28.9 Å². The fourth-order valence-corrected chi connectivity index (χ4v) is 4.74. The highest BCUT2D eigenvalue weighted by Crippen LogP contribution is 2.38. The molecule has 0 aliphatic carbocycles. The molecule has 1 aliphatic rings. The summed E-state index contributed by atoms with van der Waals surface area (Å²) in [6, 6.07) is 31.1. The second-order valence-electron chi connectivity index (χ2n) is 9.26. The number of carbonyl (C=O) groups is 1. The van der Waals surface area contributed by atoms with Gasteiger partial charge in [0.15, 0.2) is 0 Å². The van der Waals surface area contributed by atoms with Crippen molar-refractivity contribution >= 4 is 28.1 Å². The van der Waals surface area contributed by atoms with E-state index in [-0.39, 0.29) is 18.1 Å². The number of para-hydroxylation sites is 2. The van der Waals surface area contributed by atoms with Gasteiger partial charge in [-0.3, -0.25) is 4.79 Å². The van der Waals surface area contributed by atoms with Crippen molar-refractivity contribution in [1.29, 1.82) is 0 Å². The van der Waals surface area contributed by atoms with Gasteiger partial charge in [-0.05, 0) is 59.7 Å². The molecular weight excluding hydrogens is 434 g/mol. The van der Waals surface area contributed by atoms with E-state index in [0.717, 1.165) is 17.1 Å². The van der Waals surface area contributed by atoms with Crippen LogP contribution in [0.15, 0.2) is 91.0 Å². The number of fused-ring (bicyclic) bond motifs is 2. The van der Waals surface area contributed by atoms with Gasteiger partial charge in [-0.15, -0.1) is 0 Å². The zero-order valence-corrected chi connectivity index (χ0v) is 20.4. The molecule has 0 fully saturated rings. The Balaban J connectivity index is 1.34. The Bertz CT molecular complexity index is 1330. The van der Waals surface area contributed by atoms with E-state index >= 15 is 0 Å². The Labute approximate surface area is 206 Å². The third-order valence-electron chi connectivity index (χ3n) is 6.61. The Morgan fingerprint density at radius 2 is 1.69 bits per heavy atom. The van der Waals surface area contributed by atoms with Crippen LogP contribution in [0.2, 0.25) is 0 Å². The van der Waals surface area contributed by atoms with E-state index in [2.05, 4.69) is 65.7 Å². The summed E-state index contributed by atoms with van der Waals surface area (Å²) in [7, 11) is 3.54. The second-order valence-corrected chi connectivity index (χ2v) is 9.26. The quantitative estimate of drug-likeness (QED) is 0.391. The maximum absolute atomic E-state index is 12.3. The number of hydrogen-bond donors (Lipinski definition) is 1. The summed E-state index contributed by atoms with van der Waals surface area (Å²) in [5, 5.41) is 6.23. The maximum Gasteiger partial charge on any atom is 0.253 e. The van der Waals surface area contributed by atoms with Crippen molar-refractivity contribution in [2.24, 2.45) is 0 Å². The van der Waals surface area contributed by atoms with E-state index in [1.165, 1.54) is 16.3 Å². The van der Waals surface area contributed by atoms with E-state index in [4.69, 9.17) is 4.74 Å². The molecule has 4 aromatic carbocycles. The molecule has 1 N–H and O–H groups in total. The van der Waals surface area contributed by atoms with Crippen LogP contribution in [0, 0.1) is 0 Å². The SMILES string of the molecule is CC(NCC1CN(c2ccc(C(=O)N(C)C)cc2)c2ccccc2O1)c1cccc2ccccc12. The van der Waals surface area contributed by atoms with E-state index < -0.39 is 0 Å². The number of nitrogens with zero attached hydrogens (tertiary/aromatic N) is 2. The third kappa shape index (κ3) is 4.73. The van der Waals surface area contributed by atoms with Gasteiger partial charge >= 0.3 is 0 Å². The fraction of sp³-hybridized carbons (Fsp3) is 0.233. The van der Waals surface area contributed by atoms with Crippen LogP contribution in [-0.2, 0) is 0 Å². The van der Waals surface area contributed by atoms with E-state index in [1.54, 1.807) is 19.0 Å². The van der Waals surface area contributed by atoms with Crippen molar-refractivity contribution in [1.82, 2.24) is 10.2 Å². The van der Waals surface area contributed by atoms with Crippen LogP contribution < -0.4 is 15.0 Å². The van der Waals surface area contributed by atoms with Gasteiger partial charge < -0.3 is 19.9 Å². The molecule has 4 aromatic rings. The lowest BCUT2D eigenvalue weighted by atomic mass is 9.99. The lowest BCUT2D eigenvalue weighted by molar-refractivity contribution is 0.0827. The number of carbonyl (C=O) groups excluding carboxylic acids is 1. The molecule has 1 aliphatic heterocycles. The summed E-state index contributed by atoms with van der Waals surface area (Å²) < 4.78 is 6.39. The monoisotopic (exact) mass is 465 g/mol. The van der Waals surface area contributed by atoms with Crippen molar-refractivity contribution in [3.05, 3.63) is 102 Å². The molecule has 0 aromatic heterocycles. The fourth-order valence-electron chi connectivity index (χ4n) is 4.74. The first-order valence-corrected chi connectivity index (χ1v) is 12.1. The molecule has 1 amide bonds. The van der Waals surface area contributed by atoms with E-state index in [9.17, 15) is 4.79 Å². The average Bonchev–Trinajstić information content (AvgIpc) is 2.90. The number of amides is 1. The molecule has 178 valence electrons. The zero-order valence-electron chi connectivity index (χ0n) is 20.4. The first-order valence-electron chi connectivity index (χ1n) is 12.1. The number of nitrogens with one attached hydrogen (secondary N) is 1. The summed E-state index contributed by atoms with van der Waals surface area (Å²) in [6.07, 6.45) is -0.0228. The molecule has 5 rings (SSSR count). The normalized spacial score (nSPS) is 15.9. The van der Waals surface area contributed by atoms with Gasteiger partial charge in [0.25, 0.3) is 5.91 Å². The molecule has 2 atom stereocenters. The van der Waals surface area contributed by atoms with Crippen molar-refractivity contribution in [3.8, 4) is 5.75 Å². The molecule has 5 nitrogen and oxygen atoms in total. The highest BCUT2D eigenvalue weighted by atomic mass is 16.5. The molecule has 1 heterocycles. The van der Waals surface area contributed by atoms with Gasteiger partial charge in [0, 0.05) is 37.9 Å². The first kappa shape index (κ1) is 22.9. The third-order valence-corrected chi connectivity index (χ3v) is 6.61. The minimum Gasteiger partial charge on any atom is -0.485 e. The summed E-state index contributed by atoms with van der Waals surface area (Å²) in [4.78, 5) is 16.2. The van der Waals surface area contributed by atoms with Crippen LogP contribution in [0.3, 0.4) is 0 Å². The Morgan fingerprint density at radius 1 is 0.971 bits per heavy atom. The lowest BCUT2D eigenvalue weighted by Crippen LogP contribution is -2.44. The molecule has 0 bridgehead atoms. The average molecular weight is 466 g/mol. The van der Waals surface area contributed by atoms with E-state index in [0.29, 0.717) is 18.7 Å². The van der Waals surface area contributed by atoms with Gasteiger partial charge in [0.2, 0.25) is 0 Å². The highest BCUT2D eigenvalue weighted by Gasteiger charge is 2.27. The molecule has 0 radical (unpaired) electrons. The van der Waals surface area contributed by atoms with Gasteiger partial charge in [0.05, 0.1) is 12.2 Å². The molecule has 35 heavy (non-hydrogen) atoms. The van der Waals surface area contributed by atoms with Crippen LogP contribution >= 0.6 is 0 Å². The Morgan fingerprint density at radius 3 is 2.49 bits per heavy atom. The number of anilines is 2. The molecule has 5 heteroatoms. The van der Waals surface area contributed by atoms with Gasteiger partial charge in [-0.1, -0.05) is 54.6 Å². The smallest absolute Gasteiger partial charge is 0.253 e. The summed E-state index contributed by atoms with van der Waals surface area (Å²) in [6.45, 7) is 3.64. The van der Waals surface area contributed by atoms with Gasteiger partial charge in [-0.2, -0.15) is 0 Å². The van der Waals surface area contributed by atoms with E-state index in [1.807, 2.05) is 42.5 Å². The number of benzene rings is 4. The minimum atomic E-state index is -0.0228. The van der Waals surface area contributed by atoms with Gasteiger partial charge in [-0.25, -0.2) is 0 Å². The summed E-state index contributed by atoms with van der Waals surface area (Å²) >= 11 is 0. The maximum atomic E-state index is 12.3. The van der Waals surface area contributed by atoms with Crippen molar-refractivity contribution < 1.29 is 9.53 Å². The van der Waals surface area contributed by atoms with Crippen LogP contribution in [0.25, 0.3) is 10.8 Å².